The number of benzene rings is 7. The first-order valence-electron chi connectivity index (χ1n) is 27.6. The molecule has 0 unspecified atom stereocenters. The fourth-order valence-electron chi connectivity index (χ4n) is 7.89. The third kappa shape index (κ3) is 9.13. The molecule has 10 aromatic rings. The summed E-state index contributed by atoms with van der Waals surface area (Å²) in [6, 6.07) is 49.2. The van der Waals surface area contributed by atoms with Gasteiger partial charge in [-0.25, -0.2) is 0 Å². The van der Waals surface area contributed by atoms with Gasteiger partial charge in [-0.2, -0.15) is 0 Å². The van der Waals surface area contributed by atoms with Gasteiger partial charge in [0.15, 0.2) is 0 Å². The first kappa shape index (κ1) is 29.8. The molecule has 3 aromatic heterocycles. The summed E-state index contributed by atoms with van der Waals surface area (Å²) >= 11 is 0. The Bertz CT molecular complexity index is 3830. The van der Waals surface area contributed by atoms with Crippen LogP contribution >= 0.6 is 0 Å². The van der Waals surface area contributed by atoms with E-state index in [1.807, 2.05) is 93.6 Å². The summed E-state index contributed by atoms with van der Waals surface area (Å²) in [6.45, 7) is -2.62. The van der Waals surface area contributed by atoms with Crippen molar-refractivity contribution in [3.8, 4) is 55.9 Å². The van der Waals surface area contributed by atoms with Gasteiger partial charge in [-0.05, 0) is 106 Å². The van der Waals surface area contributed by atoms with Crippen LogP contribution in [0.1, 0.15) is 73.3 Å². The number of hydrogen-bond donors (Lipinski definition) is 0. The number of rotatable bonds is 6. The molecule has 319 valence electrons. The molecule has 3 nitrogen and oxygen atoms in total. The number of fused-ring (bicyclic) bond motifs is 5. The molecule has 0 N–H and O–H groups in total. The summed E-state index contributed by atoms with van der Waals surface area (Å²) < 4.78 is 121. The molecule has 10 rings (SSSR count). The van der Waals surface area contributed by atoms with Crippen LogP contribution in [0.4, 0.5) is 0 Å². The Morgan fingerprint density at radius 1 is 0.578 bits per heavy atom. The summed E-state index contributed by atoms with van der Waals surface area (Å²) in [5.41, 5.74) is 6.74. The fourth-order valence-corrected chi connectivity index (χ4v) is 7.89. The maximum absolute atomic E-state index is 8.46. The van der Waals surface area contributed by atoms with Crippen molar-refractivity contribution in [1.29, 1.82) is 0 Å². The van der Waals surface area contributed by atoms with Gasteiger partial charge in [0.25, 0.3) is 0 Å². The van der Waals surface area contributed by atoms with E-state index in [9.17, 15) is 0 Å². The van der Waals surface area contributed by atoms with Crippen molar-refractivity contribution in [2.75, 3.05) is 0 Å². The van der Waals surface area contributed by atoms with E-state index in [-0.39, 0.29) is 53.5 Å². The van der Waals surface area contributed by atoms with Crippen LogP contribution in [0.5, 0.6) is 0 Å². The van der Waals surface area contributed by atoms with Gasteiger partial charge in [-0.1, -0.05) is 171 Å². The Kier molecular flexibility index (Phi) is 8.55. The molecular weight excluding hydrogens is 957 g/mol. The van der Waals surface area contributed by atoms with E-state index in [1.54, 1.807) is 73.8 Å². The van der Waals surface area contributed by atoms with Gasteiger partial charge in [0, 0.05) is 62.5 Å². The Labute approximate surface area is 411 Å². The van der Waals surface area contributed by atoms with Crippen molar-refractivity contribution in [2.45, 2.75) is 61.5 Å². The fraction of sp³-hybridized carbons (Fsp3) is 0.167. The van der Waals surface area contributed by atoms with Crippen LogP contribution in [0, 0.1) is 51.9 Å². The summed E-state index contributed by atoms with van der Waals surface area (Å²) in [5, 5.41) is 3.71. The molecule has 3 heterocycles. The van der Waals surface area contributed by atoms with Crippen LogP contribution in [0.2, 0.25) is 0 Å². The number of hydrogen-bond acceptors (Lipinski definition) is 3. The molecule has 0 saturated carbocycles. The van der Waals surface area contributed by atoms with Crippen LogP contribution < -0.4 is 0 Å². The van der Waals surface area contributed by atoms with Gasteiger partial charge in [0.1, 0.15) is 5.58 Å². The first-order valence-corrected chi connectivity index (χ1v) is 20.6. The van der Waals surface area contributed by atoms with E-state index in [2.05, 4.69) is 22.1 Å². The minimum atomic E-state index is -2.67. The number of aromatic nitrogens is 2. The molecule has 0 aliphatic heterocycles. The molecule has 0 fully saturated rings. The van der Waals surface area contributed by atoms with Crippen LogP contribution in [-0.4, -0.2) is 9.97 Å². The largest absolute Gasteiger partial charge is 0.500 e. The second kappa shape index (κ2) is 18.3. The third-order valence-corrected chi connectivity index (χ3v) is 10.9. The van der Waals surface area contributed by atoms with Crippen LogP contribution in [-0.2, 0) is 26.5 Å². The minimum Gasteiger partial charge on any atom is -0.500 e. The molecule has 0 bridgehead atoms. The molecule has 4 heteroatoms. The smallest absolute Gasteiger partial charge is 0.128 e. The minimum absolute atomic E-state index is 0. The average molecular weight is 1020 g/mol. The second-order valence-electron chi connectivity index (χ2n) is 16.6. The number of furan rings is 1. The molecule has 0 aliphatic rings. The Balaban J connectivity index is 0.000000230. The van der Waals surface area contributed by atoms with E-state index in [1.165, 1.54) is 18.3 Å². The van der Waals surface area contributed by atoms with Crippen molar-refractivity contribution in [3.63, 3.8) is 0 Å². The second-order valence-corrected chi connectivity index (χ2v) is 16.6. The third-order valence-electron chi connectivity index (χ3n) is 10.9. The topological polar surface area (TPSA) is 38.9 Å². The quantitative estimate of drug-likeness (QED) is 0.156. The van der Waals surface area contributed by atoms with E-state index < -0.39 is 39.2 Å². The van der Waals surface area contributed by atoms with Crippen molar-refractivity contribution < 1.29 is 43.7 Å². The molecule has 0 aliphatic carbocycles. The molecule has 0 saturated heterocycles. The summed E-state index contributed by atoms with van der Waals surface area (Å²) in [7, 11) is 0. The van der Waals surface area contributed by atoms with Crippen molar-refractivity contribution in [1.82, 2.24) is 9.97 Å². The van der Waals surface area contributed by atoms with E-state index in [4.69, 9.17) is 23.6 Å². The van der Waals surface area contributed by atoms with Gasteiger partial charge < -0.3 is 14.4 Å². The number of nitrogens with zero attached hydrogens (tertiary/aromatic N) is 2. The van der Waals surface area contributed by atoms with E-state index in [0.29, 0.717) is 55.9 Å². The standard InChI is InChI=1S/C37H28NO.C23H24N.Ir/c1-22-12-15-28(23(2)18-22)27-14-16-29(24(3)19-27)34-20-35(38-21-25(34)4)33-11-7-10-31-32-17-13-26-8-5-6-9-30(26)36(32)39-37(31)33;1-17-10-12-20(14-21(17)19-8-6-5-7-9-19)22-13-11-18(16-24-22)15-23(2,3)4;/h5-10,12-21H,1-4H3;5-11,13-14,16H,15H2,1-4H3;/q2*-1;/i2D3,3D3,4D3;1D3,15D2;. The molecule has 0 spiro atoms. The van der Waals surface area contributed by atoms with Crippen molar-refractivity contribution in [2.24, 2.45) is 5.41 Å². The van der Waals surface area contributed by atoms with Crippen LogP contribution in [0.15, 0.2) is 162 Å². The maximum atomic E-state index is 8.46. The first-order chi connectivity index (χ1) is 36.0. The molecule has 64 heavy (non-hydrogen) atoms. The monoisotopic (exact) mass is 1020 g/mol. The predicted molar refractivity (Wildman–Crippen MR) is 265 cm³/mol. The normalized spacial score (nSPS) is 15.6. The van der Waals surface area contributed by atoms with Gasteiger partial charge in [-0.15, -0.1) is 47.5 Å². The van der Waals surface area contributed by atoms with Gasteiger partial charge in [-0.3, -0.25) is 0 Å². The predicted octanol–water partition coefficient (Wildman–Crippen LogP) is 16.3. The zero-order valence-electron chi connectivity index (χ0n) is 49.6. The van der Waals surface area contributed by atoms with Gasteiger partial charge >= 0.3 is 0 Å². The van der Waals surface area contributed by atoms with Gasteiger partial charge in [0.2, 0.25) is 0 Å². The average Bonchev–Trinajstić information content (AvgIpc) is 3.87. The molecule has 0 amide bonds. The Hall–Kier alpha value is -6.45. The number of aryl methyl sites for hydroxylation is 5. The molecule has 7 aromatic carbocycles. The van der Waals surface area contributed by atoms with Crippen LogP contribution in [0.3, 0.4) is 0 Å². The Morgan fingerprint density at radius 3 is 2.11 bits per heavy atom. The Morgan fingerprint density at radius 2 is 1.33 bits per heavy atom. The SMILES string of the molecule is [2H]C([2H])([2H])c1c[c-]c(-c2ccc(C([2H])([2H])C(C)(C)C)cn2)cc1-c1ccccc1.[2H]C([2H])([2H])c1cc(C)ccc1-c1ccc(-c2cc(-c3[c-]ccc4c3oc3c5ccccc5ccc43)ncc2C([2H])([2H])[2H])c(C([2H])([2H])[2H])c1.[Ir]. The molecular formula is C60H52IrN2O-2. The van der Waals surface area contributed by atoms with Crippen molar-refractivity contribution in [3.05, 3.63) is 203 Å². The molecule has 1 radical (unpaired) electrons. The van der Waals surface area contributed by atoms with E-state index >= 15 is 0 Å². The van der Waals surface area contributed by atoms with Gasteiger partial charge in [0.05, 0.1) is 5.58 Å². The molecule has 0 atom stereocenters. The van der Waals surface area contributed by atoms with E-state index in [0.717, 1.165) is 32.7 Å². The summed E-state index contributed by atoms with van der Waals surface area (Å²) in [4.78, 5) is 8.98. The zero-order chi connectivity index (χ0) is 55.6. The number of pyridine rings is 2. The summed E-state index contributed by atoms with van der Waals surface area (Å²) in [5.74, 6) is 0. The summed E-state index contributed by atoms with van der Waals surface area (Å²) in [6.07, 6.45) is 1.28. The zero-order valence-corrected chi connectivity index (χ0v) is 38.0. The van der Waals surface area contributed by atoms with Crippen LogP contribution in [0.25, 0.3) is 88.6 Å². The van der Waals surface area contributed by atoms with Crippen molar-refractivity contribution >= 4 is 32.7 Å². The maximum Gasteiger partial charge on any atom is 0.128 e.